The van der Waals surface area contributed by atoms with Gasteiger partial charge >= 0.3 is 0 Å². The fourth-order valence-corrected chi connectivity index (χ4v) is 2.61. The van der Waals surface area contributed by atoms with Gasteiger partial charge in [-0.25, -0.2) is 0 Å². The van der Waals surface area contributed by atoms with Crippen LogP contribution in [0.1, 0.15) is 49.0 Å². The van der Waals surface area contributed by atoms with Crippen molar-refractivity contribution in [2.24, 2.45) is 0 Å². The van der Waals surface area contributed by atoms with Crippen LogP contribution in [0.5, 0.6) is 11.5 Å². The number of hydrogen-bond acceptors (Lipinski definition) is 4. The predicted molar refractivity (Wildman–Crippen MR) is 93.4 cm³/mol. The lowest BCUT2D eigenvalue weighted by molar-refractivity contribution is 0.101. The van der Waals surface area contributed by atoms with Gasteiger partial charge in [0, 0.05) is 16.1 Å². The average molecular weight is 375 g/mol. The van der Waals surface area contributed by atoms with Crippen LogP contribution in [0.25, 0.3) is 0 Å². The summed E-state index contributed by atoms with van der Waals surface area (Å²) in [5.74, 6) is 0.606. The van der Waals surface area contributed by atoms with Crippen LogP contribution in [0.15, 0.2) is 12.1 Å². The van der Waals surface area contributed by atoms with Crippen LogP contribution in [-0.4, -0.2) is 28.1 Å². The van der Waals surface area contributed by atoms with Gasteiger partial charge in [-0.3, -0.25) is 4.79 Å². The number of aromatic hydroxyl groups is 1. The number of carbonyl (C=O) groups excluding carboxylic acids is 1. The molecule has 0 saturated carbocycles. The Kier molecular flexibility index (Phi) is 8.19. The lowest BCUT2D eigenvalue weighted by Gasteiger charge is -2.15. The molecular weight excluding hydrogens is 352 g/mol. The van der Waals surface area contributed by atoms with Gasteiger partial charge in [0.2, 0.25) is 0 Å². The summed E-state index contributed by atoms with van der Waals surface area (Å²) in [7, 11) is 0. The molecule has 0 saturated heterocycles. The zero-order valence-corrected chi connectivity index (χ0v) is 15.0. The zero-order chi connectivity index (χ0) is 15.8. The molecule has 0 bridgehead atoms. The monoisotopic (exact) mass is 374 g/mol. The molecule has 0 heterocycles. The Morgan fingerprint density at radius 3 is 2.76 bits per heavy atom. The molecule has 0 aliphatic rings. The minimum absolute atomic E-state index is 0.0642. The first-order valence-electron chi connectivity index (χ1n) is 7.23. The normalized spacial score (nSPS) is 12.2. The number of thiol groups is 1. The highest BCUT2D eigenvalue weighted by Gasteiger charge is 2.15. The van der Waals surface area contributed by atoms with E-state index < -0.39 is 0 Å². The van der Waals surface area contributed by atoms with Gasteiger partial charge in [-0.1, -0.05) is 29.3 Å². The number of alkyl halides is 1. The third-order valence-corrected chi connectivity index (χ3v) is 4.96. The van der Waals surface area contributed by atoms with Gasteiger partial charge in [0.05, 0.1) is 12.2 Å². The molecule has 1 atom stereocenters. The maximum absolute atomic E-state index is 11.5. The van der Waals surface area contributed by atoms with E-state index in [2.05, 4.69) is 28.6 Å². The summed E-state index contributed by atoms with van der Waals surface area (Å²) in [6, 6.07) is 3.41. The summed E-state index contributed by atoms with van der Waals surface area (Å²) in [4.78, 5) is 11.5. The van der Waals surface area contributed by atoms with Crippen molar-refractivity contribution >= 4 is 34.3 Å². The molecule has 0 spiro atoms. The van der Waals surface area contributed by atoms with E-state index in [0.29, 0.717) is 29.6 Å². The van der Waals surface area contributed by atoms with Crippen LogP contribution in [0.3, 0.4) is 0 Å². The third-order valence-electron chi connectivity index (χ3n) is 3.24. The summed E-state index contributed by atoms with van der Waals surface area (Å²) in [6.45, 7) is 4.07. The lowest BCUT2D eigenvalue weighted by Crippen LogP contribution is -2.06. The molecule has 0 fully saturated rings. The molecule has 0 radical (unpaired) electrons. The standard InChI is InChI=1S/C16H23BrO3S/c1-3-5-14-15(20-9-4-6-12(21)10-17)8-7-13(11(2)18)16(14)19/h7-8,12,19,21H,3-6,9-10H2,1-2H3. The van der Waals surface area contributed by atoms with E-state index in [1.165, 1.54) is 6.92 Å². The van der Waals surface area contributed by atoms with E-state index in [1.807, 2.05) is 6.92 Å². The molecule has 5 heteroatoms. The van der Waals surface area contributed by atoms with Crippen molar-refractivity contribution in [3.8, 4) is 11.5 Å². The van der Waals surface area contributed by atoms with Crippen LogP contribution in [-0.2, 0) is 6.42 Å². The first kappa shape index (κ1) is 18.4. The molecule has 0 aliphatic heterocycles. The summed E-state index contributed by atoms with van der Waals surface area (Å²) in [5.41, 5.74) is 1.09. The van der Waals surface area contributed by atoms with Crippen LogP contribution < -0.4 is 4.74 Å². The highest BCUT2D eigenvalue weighted by Crippen LogP contribution is 2.33. The van der Waals surface area contributed by atoms with Gasteiger partial charge in [0.1, 0.15) is 11.5 Å². The Bertz CT molecular complexity index is 477. The number of ketones is 1. The molecule has 21 heavy (non-hydrogen) atoms. The van der Waals surface area contributed by atoms with Gasteiger partial charge in [-0.15, -0.1) is 0 Å². The molecule has 1 aromatic rings. The van der Waals surface area contributed by atoms with E-state index in [9.17, 15) is 9.90 Å². The zero-order valence-electron chi connectivity index (χ0n) is 12.6. The molecular formula is C16H23BrO3S. The van der Waals surface area contributed by atoms with Crippen molar-refractivity contribution in [2.75, 3.05) is 11.9 Å². The van der Waals surface area contributed by atoms with Crippen LogP contribution in [0.2, 0.25) is 0 Å². The van der Waals surface area contributed by atoms with E-state index in [1.54, 1.807) is 12.1 Å². The average Bonchev–Trinajstić information content (AvgIpc) is 2.46. The van der Waals surface area contributed by atoms with Crippen molar-refractivity contribution in [1.82, 2.24) is 0 Å². The van der Waals surface area contributed by atoms with Crippen molar-refractivity contribution < 1.29 is 14.6 Å². The minimum Gasteiger partial charge on any atom is -0.507 e. The summed E-state index contributed by atoms with van der Waals surface area (Å²) >= 11 is 7.81. The molecule has 1 N–H and O–H groups in total. The number of benzene rings is 1. The second-order valence-electron chi connectivity index (χ2n) is 5.04. The highest BCUT2D eigenvalue weighted by atomic mass is 79.9. The number of ether oxygens (including phenoxy) is 1. The van der Waals surface area contributed by atoms with Gasteiger partial charge in [0.15, 0.2) is 5.78 Å². The van der Waals surface area contributed by atoms with E-state index in [0.717, 1.165) is 30.2 Å². The molecule has 1 unspecified atom stereocenters. The van der Waals surface area contributed by atoms with Gasteiger partial charge in [-0.2, -0.15) is 12.6 Å². The number of phenolic OH excluding ortho intramolecular Hbond substituents is 1. The van der Waals surface area contributed by atoms with E-state index in [-0.39, 0.29) is 11.5 Å². The smallest absolute Gasteiger partial charge is 0.163 e. The fraction of sp³-hybridized carbons (Fsp3) is 0.562. The van der Waals surface area contributed by atoms with Crippen LogP contribution in [0, 0.1) is 0 Å². The molecule has 1 rings (SSSR count). The van der Waals surface area contributed by atoms with E-state index in [4.69, 9.17) is 4.74 Å². The fourth-order valence-electron chi connectivity index (χ4n) is 2.11. The summed E-state index contributed by atoms with van der Waals surface area (Å²) in [5, 5.41) is 11.4. The number of halogens is 1. The topological polar surface area (TPSA) is 46.5 Å². The van der Waals surface area contributed by atoms with Gasteiger partial charge < -0.3 is 9.84 Å². The molecule has 0 aliphatic carbocycles. The molecule has 118 valence electrons. The van der Waals surface area contributed by atoms with Crippen LogP contribution in [0.4, 0.5) is 0 Å². The maximum Gasteiger partial charge on any atom is 0.163 e. The Labute approximate surface area is 140 Å². The minimum atomic E-state index is -0.133. The van der Waals surface area contributed by atoms with Crippen molar-refractivity contribution in [3.05, 3.63) is 23.3 Å². The van der Waals surface area contributed by atoms with Crippen molar-refractivity contribution in [3.63, 3.8) is 0 Å². The Morgan fingerprint density at radius 1 is 1.48 bits per heavy atom. The quantitative estimate of drug-likeness (QED) is 0.291. The maximum atomic E-state index is 11.5. The third kappa shape index (κ3) is 5.55. The van der Waals surface area contributed by atoms with Gasteiger partial charge in [0.25, 0.3) is 0 Å². The van der Waals surface area contributed by atoms with Crippen molar-refractivity contribution in [1.29, 1.82) is 0 Å². The first-order valence-corrected chi connectivity index (χ1v) is 8.87. The summed E-state index contributed by atoms with van der Waals surface area (Å²) in [6.07, 6.45) is 3.45. The molecule has 0 amide bonds. The Morgan fingerprint density at radius 2 is 2.19 bits per heavy atom. The molecule has 1 aromatic carbocycles. The van der Waals surface area contributed by atoms with E-state index >= 15 is 0 Å². The van der Waals surface area contributed by atoms with Crippen LogP contribution >= 0.6 is 28.6 Å². The number of Topliss-reactive ketones (excluding diaryl/α,β-unsaturated/α-hetero) is 1. The lowest BCUT2D eigenvalue weighted by atomic mass is 10.0. The summed E-state index contributed by atoms with van der Waals surface area (Å²) < 4.78 is 5.78. The highest BCUT2D eigenvalue weighted by molar-refractivity contribution is 9.09. The SMILES string of the molecule is CCCc1c(OCCCC(S)CBr)ccc(C(C)=O)c1O. The number of rotatable bonds is 9. The van der Waals surface area contributed by atoms with Crippen molar-refractivity contribution in [2.45, 2.75) is 44.8 Å². The second-order valence-corrected chi connectivity index (χ2v) is 6.42. The first-order chi connectivity index (χ1) is 10.0. The molecule has 0 aromatic heterocycles. The number of carbonyl (C=O) groups is 1. The second kappa shape index (κ2) is 9.36. The predicted octanol–water partition coefficient (Wildman–Crippen LogP) is 4.40. The Hall–Kier alpha value is -0.680. The number of hydrogen-bond donors (Lipinski definition) is 2. The molecule has 3 nitrogen and oxygen atoms in total. The Balaban J connectivity index is 2.77. The van der Waals surface area contributed by atoms with Gasteiger partial charge in [-0.05, 0) is 38.3 Å². The largest absolute Gasteiger partial charge is 0.507 e. The number of phenols is 1.